The second-order valence-electron chi connectivity index (χ2n) is 5.06. The van der Waals surface area contributed by atoms with Gasteiger partial charge in [-0.05, 0) is 30.3 Å². The highest BCUT2D eigenvalue weighted by molar-refractivity contribution is 5.82. The van der Waals surface area contributed by atoms with Gasteiger partial charge in [0.1, 0.15) is 0 Å². The maximum absolute atomic E-state index is 12.1. The number of aromatic nitrogens is 5. The number of nitrogens with one attached hydrogen (secondary N) is 3. The van der Waals surface area contributed by atoms with Gasteiger partial charge in [0.25, 0.3) is 5.56 Å². The van der Waals surface area contributed by atoms with E-state index in [9.17, 15) is 9.59 Å². The largest absolute Gasteiger partial charge is 0.353 e. The van der Waals surface area contributed by atoms with E-state index in [0.29, 0.717) is 22.5 Å². The first-order valence-electron chi connectivity index (χ1n) is 6.93. The molecule has 0 amide bonds. The maximum atomic E-state index is 12.1. The Morgan fingerprint density at radius 1 is 0.870 bits per heavy atom. The third-order valence-corrected chi connectivity index (χ3v) is 3.58. The molecule has 23 heavy (non-hydrogen) atoms. The molecule has 0 unspecified atom stereocenters. The predicted octanol–water partition coefficient (Wildman–Crippen LogP) is 1.67. The molecular formula is C16H11N5O2. The van der Waals surface area contributed by atoms with Crippen molar-refractivity contribution in [1.82, 2.24) is 25.1 Å². The van der Waals surface area contributed by atoms with E-state index < -0.39 is 0 Å². The first kappa shape index (κ1) is 13.2. The van der Waals surface area contributed by atoms with Crippen LogP contribution in [0.25, 0.3) is 33.5 Å². The molecule has 0 saturated carbocycles. The fourth-order valence-corrected chi connectivity index (χ4v) is 2.46. The van der Waals surface area contributed by atoms with Gasteiger partial charge in [-0.25, -0.2) is 5.10 Å². The number of H-pyrrole nitrogens is 3. The van der Waals surface area contributed by atoms with Gasteiger partial charge < -0.3 is 9.97 Å². The summed E-state index contributed by atoms with van der Waals surface area (Å²) in [6.07, 6.45) is 3.32. The summed E-state index contributed by atoms with van der Waals surface area (Å²) in [5.74, 6) is 0. The minimum atomic E-state index is -0.309. The van der Waals surface area contributed by atoms with Crippen LogP contribution in [0, 0.1) is 0 Å². The predicted molar refractivity (Wildman–Crippen MR) is 86.0 cm³/mol. The van der Waals surface area contributed by atoms with Crippen LogP contribution in [-0.2, 0) is 0 Å². The number of nitrogens with zero attached hydrogens (tertiary/aromatic N) is 2. The first-order valence-corrected chi connectivity index (χ1v) is 6.93. The minimum absolute atomic E-state index is 0.191. The third-order valence-electron chi connectivity index (χ3n) is 3.58. The van der Waals surface area contributed by atoms with E-state index in [4.69, 9.17) is 0 Å². The summed E-state index contributed by atoms with van der Waals surface area (Å²) >= 11 is 0. The molecule has 0 saturated heterocycles. The van der Waals surface area contributed by atoms with E-state index in [1.165, 1.54) is 6.07 Å². The quantitative estimate of drug-likeness (QED) is 0.523. The Bertz CT molecular complexity index is 1110. The van der Waals surface area contributed by atoms with Crippen molar-refractivity contribution in [1.29, 1.82) is 0 Å². The molecule has 0 atom stereocenters. The van der Waals surface area contributed by atoms with Gasteiger partial charge >= 0.3 is 0 Å². The van der Waals surface area contributed by atoms with E-state index in [1.807, 2.05) is 12.1 Å². The molecule has 7 nitrogen and oxygen atoms in total. The Kier molecular flexibility index (Phi) is 2.90. The van der Waals surface area contributed by atoms with Crippen LogP contribution in [-0.4, -0.2) is 25.1 Å². The Hall–Kier alpha value is -3.48. The summed E-state index contributed by atoms with van der Waals surface area (Å²) in [7, 11) is 0. The molecule has 0 bridgehead atoms. The molecule has 0 aromatic carbocycles. The lowest BCUT2D eigenvalue weighted by Crippen LogP contribution is -2.11. The molecule has 4 aromatic rings. The molecule has 4 heterocycles. The van der Waals surface area contributed by atoms with Crippen LogP contribution >= 0.6 is 0 Å². The molecule has 3 N–H and O–H groups in total. The summed E-state index contributed by atoms with van der Waals surface area (Å²) in [6, 6.07) is 10.2. The lowest BCUT2D eigenvalue weighted by molar-refractivity contribution is 0.996. The van der Waals surface area contributed by atoms with Crippen molar-refractivity contribution in [3.8, 4) is 22.5 Å². The van der Waals surface area contributed by atoms with E-state index >= 15 is 0 Å². The lowest BCUT2D eigenvalue weighted by atomic mass is 10.1. The van der Waals surface area contributed by atoms with Crippen molar-refractivity contribution in [3.05, 3.63) is 69.5 Å². The van der Waals surface area contributed by atoms with Crippen LogP contribution in [0.5, 0.6) is 0 Å². The second kappa shape index (κ2) is 5.06. The van der Waals surface area contributed by atoms with Crippen LogP contribution in [0.4, 0.5) is 0 Å². The van der Waals surface area contributed by atoms with Gasteiger partial charge in [-0.2, -0.15) is 5.10 Å². The zero-order valence-corrected chi connectivity index (χ0v) is 11.8. The van der Waals surface area contributed by atoms with Gasteiger partial charge in [0.05, 0.1) is 28.0 Å². The Morgan fingerprint density at radius 3 is 2.52 bits per heavy atom. The van der Waals surface area contributed by atoms with Crippen LogP contribution < -0.4 is 11.1 Å². The van der Waals surface area contributed by atoms with E-state index in [-0.39, 0.29) is 11.1 Å². The summed E-state index contributed by atoms with van der Waals surface area (Å²) in [5, 5.41) is 6.57. The van der Waals surface area contributed by atoms with Crippen molar-refractivity contribution in [3.63, 3.8) is 0 Å². The van der Waals surface area contributed by atoms with E-state index in [0.717, 1.165) is 11.1 Å². The molecule has 0 spiro atoms. The standard InChI is InChI=1S/C16H11N5O2/c22-15-2-1-11-14(19-15)8-13(18-11)10-7-12(20-21-16(10)23)9-3-5-17-6-4-9/h1-8,18H,(H,19,22)(H,21,23). The smallest absolute Gasteiger partial charge is 0.273 e. The minimum Gasteiger partial charge on any atom is -0.353 e. The van der Waals surface area contributed by atoms with Crippen LogP contribution in [0.3, 0.4) is 0 Å². The van der Waals surface area contributed by atoms with Gasteiger partial charge in [-0.15, -0.1) is 0 Å². The summed E-state index contributed by atoms with van der Waals surface area (Å²) in [6.45, 7) is 0. The van der Waals surface area contributed by atoms with Crippen molar-refractivity contribution in [2.75, 3.05) is 0 Å². The molecule has 0 radical (unpaired) electrons. The van der Waals surface area contributed by atoms with Crippen LogP contribution in [0.2, 0.25) is 0 Å². The van der Waals surface area contributed by atoms with Crippen molar-refractivity contribution < 1.29 is 0 Å². The molecule has 0 aliphatic heterocycles. The highest BCUT2D eigenvalue weighted by Crippen LogP contribution is 2.22. The number of rotatable bonds is 2. The SMILES string of the molecule is O=c1ccc2[nH]c(-c3cc(-c4ccncc4)n[nH]c3=O)cc2[nH]1. The normalized spacial score (nSPS) is 11.0. The molecule has 0 aliphatic carbocycles. The number of hydrogen-bond acceptors (Lipinski definition) is 4. The highest BCUT2D eigenvalue weighted by atomic mass is 16.1. The summed E-state index contributed by atoms with van der Waals surface area (Å²) in [4.78, 5) is 33.3. The summed E-state index contributed by atoms with van der Waals surface area (Å²) in [5.41, 5.74) is 3.44. The summed E-state index contributed by atoms with van der Waals surface area (Å²) < 4.78 is 0. The zero-order chi connectivity index (χ0) is 15.8. The Balaban J connectivity index is 1.90. The van der Waals surface area contributed by atoms with Gasteiger partial charge in [0.2, 0.25) is 5.56 Å². The molecular weight excluding hydrogens is 294 g/mol. The van der Waals surface area contributed by atoms with Gasteiger partial charge in [-0.1, -0.05) is 0 Å². The van der Waals surface area contributed by atoms with Crippen LogP contribution in [0.1, 0.15) is 0 Å². The monoisotopic (exact) mass is 305 g/mol. The van der Waals surface area contributed by atoms with Crippen molar-refractivity contribution >= 4 is 11.0 Å². The number of aromatic amines is 3. The van der Waals surface area contributed by atoms with Gasteiger partial charge in [0, 0.05) is 24.0 Å². The van der Waals surface area contributed by atoms with Crippen LogP contribution in [0.15, 0.2) is 58.4 Å². The van der Waals surface area contributed by atoms with Crippen molar-refractivity contribution in [2.45, 2.75) is 0 Å². The van der Waals surface area contributed by atoms with E-state index in [1.54, 1.807) is 30.6 Å². The topological polar surface area (TPSA) is 107 Å². The fraction of sp³-hybridized carbons (Fsp3) is 0. The number of hydrogen-bond donors (Lipinski definition) is 3. The lowest BCUT2D eigenvalue weighted by Gasteiger charge is -2.02. The second-order valence-corrected chi connectivity index (χ2v) is 5.06. The van der Waals surface area contributed by atoms with Gasteiger partial charge in [0.15, 0.2) is 0 Å². The first-order chi connectivity index (χ1) is 11.2. The molecule has 0 fully saturated rings. The molecule has 112 valence electrons. The maximum Gasteiger partial charge on any atom is 0.273 e. The molecule has 4 rings (SSSR count). The van der Waals surface area contributed by atoms with Crippen molar-refractivity contribution in [2.24, 2.45) is 0 Å². The molecule has 0 aliphatic rings. The average molecular weight is 305 g/mol. The Labute approximate surface area is 129 Å². The van der Waals surface area contributed by atoms with Gasteiger partial charge in [-0.3, -0.25) is 14.6 Å². The molecule has 4 aromatic heterocycles. The average Bonchev–Trinajstić information content (AvgIpc) is 2.99. The molecule has 7 heteroatoms. The number of fused-ring (bicyclic) bond motifs is 1. The highest BCUT2D eigenvalue weighted by Gasteiger charge is 2.10. The Morgan fingerprint density at radius 2 is 1.70 bits per heavy atom. The fourth-order valence-electron chi connectivity index (χ4n) is 2.46. The van der Waals surface area contributed by atoms with E-state index in [2.05, 4.69) is 25.1 Å². The number of pyridine rings is 2. The zero-order valence-electron chi connectivity index (χ0n) is 11.8. The third kappa shape index (κ3) is 2.34.